The molecule has 0 aliphatic heterocycles. The number of carbonyl (C=O) groups excluding carboxylic acids is 3. The quantitative estimate of drug-likeness (QED) is 0.686. The molecule has 2 aromatic rings. The number of nitrogens with one attached hydrogen (secondary N) is 2. The van der Waals surface area contributed by atoms with Gasteiger partial charge in [0, 0.05) is 25.8 Å². The molecular formula is C23H27N3O4. The number of esters is 1. The third-order valence-electron chi connectivity index (χ3n) is 5.07. The summed E-state index contributed by atoms with van der Waals surface area (Å²) in [6.45, 7) is -0.441. The smallest absolute Gasteiger partial charge is 0.338 e. The zero-order valence-corrected chi connectivity index (χ0v) is 17.3. The Bertz CT molecular complexity index is 920. The molecule has 0 saturated heterocycles. The largest absolute Gasteiger partial charge is 0.452 e. The van der Waals surface area contributed by atoms with E-state index in [1.165, 1.54) is 0 Å². The van der Waals surface area contributed by atoms with Crippen molar-refractivity contribution in [3.63, 3.8) is 0 Å². The van der Waals surface area contributed by atoms with Crippen LogP contribution < -0.4 is 15.5 Å². The molecule has 0 unspecified atom stereocenters. The average Bonchev–Trinajstić information content (AvgIpc) is 3.25. The van der Waals surface area contributed by atoms with E-state index < -0.39 is 18.5 Å². The molecule has 7 heteroatoms. The van der Waals surface area contributed by atoms with Crippen molar-refractivity contribution in [1.29, 1.82) is 0 Å². The Morgan fingerprint density at radius 3 is 2.50 bits per heavy atom. The summed E-state index contributed by atoms with van der Waals surface area (Å²) < 4.78 is 5.13. The second-order valence-electron chi connectivity index (χ2n) is 7.57. The molecule has 0 bridgehead atoms. The molecule has 1 aliphatic carbocycles. The highest BCUT2D eigenvalue weighted by molar-refractivity contribution is 6.04. The third-order valence-corrected chi connectivity index (χ3v) is 5.07. The van der Waals surface area contributed by atoms with E-state index >= 15 is 0 Å². The van der Waals surface area contributed by atoms with Gasteiger partial charge in [-0.2, -0.15) is 0 Å². The zero-order valence-electron chi connectivity index (χ0n) is 17.3. The maximum atomic E-state index is 12.6. The van der Waals surface area contributed by atoms with Gasteiger partial charge in [-0.25, -0.2) is 4.79 Å². The standard InChI is InChI=1S/C23H27N3O4/c1-26(2)18-11-7-8-16(14-18)23(29)30-15-21(27)25-20-13-6-5-12-19(20)22(28)24-17-9-3-4-10-17/h5-8,11-14,17H,3-4,9-10,15H2,1-2H3,(H,24,28)(H,25,27). The predicted octanol–water partition coefficient (Wildman–Crippen LogP) is 3.22. The van der Waals surface area contributed by atoms with Crippen molar-refractivity contribution in [1.82, 2.24) is 5.32 Å². The van der Waals surface area contributed by atoms with Crippen molar-refractivity contribution in [2.45, 2.75) is 31.7 Å². The normalized spacial score (nSPS) is 13.5. The number of para-hydroxylation sites is 1. The Balaban J connectivity index is 1.58. The summed E-state index contributed by atoms with van der Waals surface area (Å²) in [6.07, 6.45) is 4.19. The molecule has 3 rings (SSSR count). The van der Waals surface area contributed by atoms with Crippen LogP contribution in [0.1, 0.15) is 46.4 Å². The Kier molecular flexibility index (Phi) is 7.06. The Hall–Kier alpha value is -3.35. The van der Waals surface area contributed by atoms with E-state index in [-0.39, 0.29) is 11.9 Å². The van der Waals surface area contributed by atoms with E-state index in [4.69, 9.17) is 4.74 Å². The number of anilines is 2. The number of amides is 2. The third kappa shape index (κ3) is 5.59. The van der Waals surface area contributed by atoms with Gasteiger partial charge in [0.1, 0.15) is 0 Å². The van der Waals surface area contributed by atoms with Crippen LogP contribution in [-0.2, 0) is 9.53 Å². The Labute approximate surface area is 176 Å². The van der Waals surface area contributed by atoms with Crippen molar-refractivity contribution in [2.75, 3.05) is 30.9 Å². The lowest BCUT2D eigenvalue weighted by Gasteiger charge is -2.15. The summed E-state index contributed by atoms with van der Waals surface area (Å²) in [4.78, 5) is 39.0. The fraction of sp³-hybridized carbons (Fsp3) is 0.348. The van der Waals surface area contributed by atoms with Gasteiger partial charge in [-0.3, -0.25) is 9.59 Å². The molecule has 2 aromatic carbocycles. The van der Waals surface area contributed by atoms with Crippen molar-refractivity contribution >= 4 is 29.2 Å². The number of rotatable bonds is 7. The topological polar surface area (TPSA) is 87.7 Å². The molecule has 1 fully saturated rings. The first kappa shape index (κ1) is 21.4. The van der Waals surface area contributed by atoms with E-state index in [2.05, 4.69) is 10.6 Å². The summed E-state index contributed by atoms with van der Waals surface area (Å²) >= 11 is 0. The van der Waals surface area contributed by atoms with Crippen molar-refractivity contribution in [2.24, 2.45) is 0 Å². The summed E-state index contributed by atoms with van der Waals surface area (Å²) in [5.74, 6) is -1.30. The van der Waals surface area contributed by atoms with Gasteiger partial charge in [0.05, 0.1) is 16.8 Å². The first-order valence-corrected chi connectivity index (χ1v) is 10.1. The number of ether oxygens (including phenoxy) is 1. The van der Waals surface area contributed by atoms with Crippen LogP contribution in [-0.4, -0.2) is 44.5 Å². The van der Waals surface area contributed by atoms with Crippen LogP contribution in [0, 0.1) is 0 Å². The van der Waals surface area contributed by atoms with Crippen LogP contribution in [0.25, 0.3) is 0 Å². The number of hydrogen-bond acceptors (Lipinski definition) is 5. The lowest BCUT2D eigenvalue weighted by molar-refractivity contribution is -0.119. The van der Waals surface area contributed by atoms with E-state index in [1.54, 1.807) is 42.5 Å². The highest BCUT2D eigenvalue weighted by atomic mass is 16.5. The van der Waals surface area contributed by atoms with Crippen molar-refractivity contribution < 1.29 is 19.1 Å². The van der Waals surface area contributed by atoms with Crippen LogP contribution in [0.4, 0.5) is 11.4 Å². The molecule has 158 valence electrons. The van der Waals surface area contributed by atoms with E-state index in [0.29, 0.717) is 16.8 Å². The van der Waals surface area contributed by atoms with E-state index in [1.807, 2.05) is 25.1 Å². The zero-order chi connectivity index (χ0) is 21.5. The maximum Gasteiger partial charge on any atom is 0.338 e. The Morgan fingerprint density at radius 2 is 1.77 bits per heavy atom. The number of benzene rings is 2. The van der Waals surface area contributed by atoms with Gasteiger partial charge >= 0.3 is 5.97 Å². The number of hydrogen-bond donors (Lipinski definition) is 2. The lowest BCUT2D eigenvalue weighted by atomic mass is 10.1. The van der Waals surface area contributed by atoms with Crippen LogP contribution in [0.15, 0.2) is 48.5 Å². The van der Waals surface area contributed by atoms with Crippen LogP contribution in [0.5, 0.6) is 0 Å². The minimum absolute atomic E-state index is 0.181. The SMILES string of the molecule is CN(C)c1cccc(C(=O)OCC(=O)Nc2ccccc2C(=O)NC2CCCC2)c1. The van der Waals surface area contributed by atoms with Crippen molar-refractivity contribution in [3.05, 3.63) is 59.7 Å². The molecule has 2 N–H and O–H groups in total. The average molecular weight is 409 g/mol. The van der Waals surface area contributed by atoms with Crippen LogP contribution in [0.3, 0.4) is 0 Å². The molecular weight excluding hydrogens is 382 g/mol. The summed E-state index contributed by atoms with van der Waals surface area (Å²) in [5, 5.41) is 5.68. The summed E-state index contributed by atoms with van der Waals surface area (Å²) in [5.41, 5.74) is 2.01. The first-order chi connectivity index (χ1) is 14.4. The first-order valence-electron chi connectivity index (χ1n) is 10.1. The predicted molar refractivity (Wildman–Crippen MR) is 116 cm³/mol. The fourth-order valence-corrected chi connectivity index (χ4v) is 3.44. The van der Waals surface area contributed by atoms with Gasteiger partial charge in [-0.15, -0.1) is 0 Å². The molecule has 0 spiro atoms. The van der Waals surface area contributed by atoms with Crippen LogP contribution in [0.2, 0.25) is 0 Å². The number of nitrogens with zero attached hydrogens (tertiary/aromatic N) is 1. The monoisotopic (exact) mass is 409 g/mol. The molecule has 7 nitrogen and oxygen atoms in total. The van der Waals surface area contributed by atoms with Gasteiger partial charge in [0.25, 0.3) is 11.8 Å². The molecule has 1 saturated carbocycles. The molecule has 0 aromatic heterocycles. The minimum Gasteiger partial charge on any atom is -0.452 e. The second kappa shape index (κ2) is 9.91. The van der Waals surface area contributed by atoms with E-state index in [9.17, 15) is 14.4 Å². The fourth-order valence-electron chi connectivity index (χ4n) is 3.44. The van der Waals surface area contributed by atoms with Gasteiger partial charge in [-0.1, -0.05) is 31.0 Å². The van der Waals surface area contributed by atoms with Gasteiger partial charge in [-0.05, 0) is 43.2 Å². The summed E-state index contributed by atoms with van der Waals surface area (Å²) in [7, 11) is 3.75. The van der Waals surface area contributed by atoms with Gasteiger partial charge < -0.3 is 20.3 Å². The van der Waals surface area contributed by atoms with Crippen molar-refractivity contribution in [3.8, 4) is 0 Å². The maximum absolute atomic E-state index is 12.6. The minimum atomic E-state index is -0.582. The highest BCUT2D eigenvalue weighted by Gasteiger charge is 2.20. The molecule has 30 heavy (non-hydrogen) atoms. The molecule has 0 atom stereocenters. The molecule has 2 amide bonds. The lowest BCUT2D eigenvalue weighted by Crippen LogP contribution is -2.33. The van der Waals surface area contributed by atoms with Gasteiger partial charge in [0.15, 0.2) is 6.61 Å². The molecule has 0 heterocycles. The second-order valence-corrected chi connectivity index (χ2v) is 7.57. The van der Waals surface area contributed by atoms with Crippen LogP contribution >= 0.6 is 0 Å². The molecule has 0 radical (unpaired) electrons. The summed E-state index contributed by atoms with van der Waals surface area (Å²) in [6, 6.07) is 13.9. The highest BCUT2D eigenvalue weighted by Crippen LogP contribution is 2.20. The number of carbonyl (C=O) groups is 3. The Morgan fingerprint density at radius 1 is 1.03 bits per heavy atom. The molecule has 1 aliphatic rings. The van der Waals surface area contributed by atoms with Gasteiger partial charge in [0.2, 0.25) is 0 Å². The van der Waals surface area contributed by atoms with E-state index in [0.717, 1.165) is 31.4 Å².